The molecule has 1 rings (SSSR count). The van der Waals surface area contributed by atoms with Crippen LogP contribution in [0.4, 0.5) is 0 Å². The number of methoxy groups -OCH3 is 1. The van der Waals surface area contributed by atoms with Gasteiger partial charge in [-0.2, -0.15) is 0 Å². The Kier molecular flexibility index (Phi) is 6.47. The van der Waals surface area contributed by atoms with Crippen molar-refractivity contribution in [2.45, 2.75) is 32.4 Å². The van der Waals surface area contributed by atoms with Gasteiger partial charge in [0.1, 0.15) is 0 Å². The Balaban J connectivity index is 2.40. The zero-order valence-corrected chi connectivity index (χ0v) is 11.1. The van der Waals surface area contributed by atoms with Crippen LogP contribution in [0.2, 0.25) is 0 Å². The molecule has 0 aromatic rings. The third kappa shape index (κ3) is 5.02. The second-order valence-electron chi connectivity index (χ2n) is 4.57. The molecule has 0 bridgehead atoms. The Morgan fingerprint density at radius 2 is 2.35 bits per heavy atom. The smallest absolute Gasteiger partial charge is 0.225 e. The average molecular weight is 244 g/mol. The molecule has 5 heteroatoms. The first kappa shape index (κ1) is 14.4. The molecule has 0 saturated carbocycles. The molecule has 0 radical (unpaired) electrons. The molecule has 1 atom stereocenters. The fourth-order valence-corrected chi connectivity index (χ4v) is 1.92. The van der Waals surface area contributed by atoms with E-state index in [4.69, 9.17) is 9.47 Å². The number of amides is 1. The van der Waals surface area contributed by atoms with E-state index in [1.807, 2.05) is 18.7 Å². The van der Waals surface area contributed by atoms with Gasteiger partial charge in [-0.1, -0.05) is 0 Å². The molecule has 100 valence electrons. The summed E-state index contributed by atoms with van der Waals surface area (Å²) in [7, 11) is 1.65. The minimum atomic E-state index is 0.0139. The molecule has 1 fully saturated rings. The van der Waals surface area contributed by atoms with E-state index in [2.05, 4.69) is 5.32 Å². The first-order chi connectivity index (χ1) is 8.15. The highest BCUT2D eigenvalue weighted by atomic mass is 16.5. The summed E-state index contributed by atoms with van der Waals surface area (Å²) in [4.78, 5) is 14.0. The van der Waals surface area contributed by atoms with Crippen LogP contribution in [0.5, 0.6) is 0 Å². The van der Waals surface area contributed by atoms with Crippen LogP contribution < -0.4 is 5.32 Å². The summed E-state index contributed by atoms with van der Waals surface area (Å²) in [6, 6.07) is 0.203. The van der Waals surface area contributed by atoms with Gasteiger partial charge in [-0.05, 0) is 13.8 Å². The molecular formula is C12H24N2O3. The largest absolute Gasteiger partial charge is 0.383 e. The van der Waals surface area contributed by atoms with Gasteiger partial charge in [0.2, 0.25) is 5.91 Å². The Morgan fingerprint density at radius 3 is 2.88 bits per heavy atom. The van der Waals surface area contributed by atoms with Crippen molar-refractivity contribution in [2.75, 3.05) is 40.0 Å². The van der Waals surface area contributed by atoms with Crippen molar-refractivity contribution in [1.82, 2.24) is 10.2 Å². The summed E-state index contributed by atoms with van der Waals surface area (Å²) < 4.78 is 10.6. The molecule has 1 amide bonds. The van der Waals surface area contributed by atoms with Crippen molar-refractivity contribution in [3.05, 3.63) is 0 Å². The quantitative estimate of drug-likeness (QED) is 0.727. The van der Waals surface area contributed by atoms with Gasteiger partial charge in [-0.25, -0.2) is 0 Å². The fourth-order valence-electron chi connectivity index (χ4n) is 1.92. The van der Waals surface area contributed by atoms with Crippen LogP contribution in [-0.4, -0.2) is 62.9 Å². The minimum Gasteiger partial charge on any atom is -0.383 e. The maximum atomic E-state index is 12.1. The lowest BCUT2D eigenvalue weighted by Gasteiger charge is -2.30. The number of nitrogens with one attached hydrogen (secondary N) is 1. The summed E-state index contributed by atoms with van der Waals surface area (Å²) in [6.07, 6.45) is 0.467. The second-order valence-corrected chi connectivity index (χ2v) is 4.57. The standard InChI is InChI=1S/C12H24N2O3/c1-10(2)14(5-7-16-3)12(15)8-11-9-13-4-6-17-11/h10-11,13H,4-9H2,1-3H3. The van der Waals surface area contributed by atoms with Crippen LogP contribution in [0.25, 0.3) is 0 Å². The van der Waals surface area contributed by atoms with Gasteiger partial charge < -0.3 is 19.7 Å². The molecule has 0 aromatic carbocycles. The van der Waals surface area contributed by atoms with Crippen LogP contribution in [-0.2, 0) is 14.3 Å². The Morgan fingerprint density at radius 1 is 1.59 bits per heavy atom. The highest BCUT2D eigenvalue weighted by Crippen LogP contribution is 2.08. The van der Waals surface area contributed by atoms with E-state index in [9.17, 15) is 4.79 Å². The van der Waals surface area contributed by atoms with Crippen molar-refractivity contribution in [3.63, 3.8) is 0 Å². The predicted octanol–water partition coefficient (Wildman–Crippen LogP) is 0.248. The third-order valence-corrected chi connectivity index (χ3v) is 2.89. The summed E-state index contributed by atoms with van der Waals surface area (Å²) in [5.74, 6) is 0.144. The molecular weight excluding hydrogens is 220 g/mol. The van der Waals surface area contributed by atoms with Crippen molar-refractivity contribution in [1.29, 1.82) is 0 Å². The molecule has 17 heavy (non-hydrogen) atoms. The molecule has 1 heterocycles. The summed E-state index contributed by atoms with van der Waals surface area (Å²) in [5.41, 5.74) is 0. The van der Waals surface area contributed by atoms with Crippen LogP contribution in [0.3, 0.4) is 0 Å². The van der Waals surface area contributed by atoms with E-state index >= 15 is 0 Å². The predicted molar refractivity (Wildman–Crippen MR) is 66.0 cm³/mol. The number of nitrogens with zero attached hydrogens (tertiary/aromatic N) is 1. The monoisotopic (exact) mass is 244 g/mol. The number of ether oxygens (including phenoxy) is 2. The summed E-state index contributed by atoms with van der Waals surface area (Å²) in [5, 5.41) is 3.23. The van der Waals surface area contributed by atoms with Crippen molar-refractivity contribution in [2.24, 2.45) is 0 Å². The van der Waals surface area contributed by atoms with Gasteiger partial charge in [-0.15, -0.1) is 0 Å². The van der Waals surface area contributed by atoms with E-state index < -0.39 is 0 Å². The first-order valence-corrected chi connectivity index (χ1v) is 6.26. The summed E-state index contributed by atoms with van der Waals surface area (Å²) in [6.45, 7) is 7.60. The van der Waals surface area contributed by atoms with Gasteiger partial charge in [0.15, 0.2) is 0 Å². The number of carbonyl (C=O) groups excluding carboxylic acids is 1. The number of rotatable bonds is 6. The van der Waals surface area contributed by atoms with E-state index in [1.165, 1.54) is 0 Å². The Bertz CT molecular complexity index is 228. The third-order valence-electron chi connectivity index (χ3n) is 2.89. The van der Waals surface area contributed by atoms with Crippen molar-refractivity contribution in [3.8, 4) is 0 Å². The molecule has 0 spiro atoms. The van der Waals surface area contributed by atoms with Gasteiger partial charge in [0.25, 0.3) is 0 Å². The molecule has 1 N–H and O–H groups in total. The number of morpholine rings is 1. The van der Waals surface area contributed by atoms with Crippen LogP contribution in [0, 0.1) is 0 Å². The molecule has 0 aromatic heterocycles. The summed E-state index contributed by atoms with van der Waals surface area (Å²) >= 11 is 0. The second kappa shape index (κ2) is 7.63. The van der Waals surface area contributed by atoms with Crippen molar-refractivity contribution >= 4 is 5.91 Å². The van der Waals surface area contributed by atoms with Gasteiger partial charge in [-0.3, -0.25) is 4.79 Å². The zero-order valence-electron chi connectivity index (χ0n) is 11.1. The van der Waals surface area contributed by atoms with E-state index in [0.717, 1.165) is 13.1 Å². The van der Waals surface area contributed by atoms with Gasteiger partial charge in [0.05, 0.1) is 25.7 Å². The number of hydrogen-bond acceptors (Lipinski definition) is 4. The fraction of sp³-hybridized carbons (Fsp3) is 0.917. The van der Waals surface area contributed by atoms with Crippen LogP contribution in [0.15, 0.2) is 0 Å². The molecule has 1 unspecified atom stereocenters. The normalized spacial score (nSPS) is 20.6. The first-order valence-electron chi connectivity index (χ1n) is 6.26. The van der Waals surface area contributed by atoms with E-state index in [1.54, 1.807) is 7.11 Å². The molecule has 1 aliphatic rings. The SMILES string of the molecule is COCCN(C(=O)CC1CNCCO1)C(C)C. The minimum absolute atomic E-state index is 0.0139. The average Bonchev–Trinajstić information content (AvgIpc) is 2.30. The molecule has 0 aliphatic carbocycles. The molecule has 5 nitrogen and oxygen atoms in total. The molecule has 1 saturated heterocycles. The van der Waals surface area contributed by atoms with Crippen LogP contribution in [0.1, 0.15) is 20.3 Å². The van der Waals surface area contributed by atoms with Crippen LogP contribution >= 0.6 is 0 Å². The highest BCUT2D eigenvalue weighted by molar-refractivity contribution is 5.77. The maximum absolute atomic E-state index is 12.1. The molecule has 1 aliphatic heterocycles. The van der Waals surface area contributed by atoms with Crippen molar-refractivity contribution < 1.29 is 14.3 Å². The van der Waals surface area contributed by atoms with E-state index in [0.29, 0.717) is 26.2 Å². The van der Waals surface area contributed by atoms with Gasteiger partial charge >= 0.3 is 0 Å². The Hall–Kier alpha value is -0.650. The lowest BCUT2D eigenvalue weighted by atomic mass is 10.2. The topological polar surface area (TPSA) is 50.8 Å². The lowest BCUT2D eigenvalue weighted by molar-refractivity contribution is -0.137. The number of hydrogen-bond donors (Lipinski definition) is 1. The van der Waals surface area contributed by atoms with E-state index in [-0.39, 0.29) is 18.1 Å². The lowest BCUT2D eigenvalue weighted by Crippen LogP contribution is -2.45. The number of carbonyl (C=O) groups is 1. The highest BCUT2D eigenvalue weighted by Gasteiger charge is 2.22. The maximum Gasteiger partial charge on any atom is 0.225 e. The van der Waals surface area contributed by atoms with Gasteiger partial charge in [0, 0.05) is 32.8 Å². The Labute approximate surface area is 103 Å². The zero-order chi connectivity index (χ0) is 12.7.